The van der Waals surface area contributed by atoms with E-state index in [-0.39, 0.29) is 11.4 Å². The monoisotopic (exact) mass is 311 g/mol. The first-order valence-electron chi connectivity index (χ1n) is 6.45. The van der Waals surface area contributed by atoms with Crippen LogP contribution in [0.1, 0.15) is 30.3 Å². The molecule has 0 aliphatic heterocycles. The molecule has 1 aromatic carbocycles. The van der Waals surface area contributed by atoms with Crippen molar-refractivity contribution in [3.8, 4) is 0 Å². The summed E-state index contributed by atoms with van der Waals surface area (Å²) in [4.78, 5) is 4.11. The van der Waals surface area contributed by atoms with Crippen molar-refractivity contribution in [3.63, 3.8) is 0 Å². The number of aliphatic hydroxyl groups excluding tert-OH is 1. The third-order valence-electron chi connectivity index (χ3n) is 2.86. The van der Waals surface area contributed by atoms with Crippen molar-refractivity contribution in [2.45, 2.75) is 31.3 Å². The summed E-state index contributed by atoms with van der Waals surface area (Å²) < 4.78 is 31.6. The highest BCUT2D eigenvalue weighted by molar-refractivity contribution is 7.89. The van der Waals surface area contributed by atoms with Crippen LogP contribution in [0.4, 0.5) is 0 Å². The van der Waals surface area contributed by atoms with E-state index >= 15 is 0 Å². The van der Waals surface area contributed by atoms with Crippen molar-refractivity contribution in [1.29, 1.82) is 0 Å². The second-order valence-electron chi connectivity index (χ2n) is 4.63. The topological polar surface area (TPSA) is 105 Å². The minimum absolute atomic E-state index is 0.116. The van der Waals surface area contributed by atoms with Crippen molar-refractivity contribution in [2.24, 2.45) is 0 Å². The number of benzene rings is 1. The number of hydrogen-bond donors (Lipinski definition) is 2. The minimum Gasteiger partial charge on any atom is -0.389 e. The average Bonchev–Trinajstić information content (AvgIpc) is 2.84. The number of hydrogen-bond acceptors (Lipinski definition) is 6. The third kappa shape index (κ3) is 4.10. The number of rotatable bonds is 6. The Bertz CT molecular complexity index is 710. The summed E-state index contributed by atoms with van der Waals surface area (Å²) in [7, 11) is -3.63. The quantitative estimate of drug-likeness (QED) is 0.823. The van der Waals surface area contributed by atoms with Crippen molar-refractivity contribution in [1.82, 2.24) is 14.9 Å². The van der Waals surface area contributed by atoms with Crippen molar-refractivity contribution < 1.29 is 18.0 Å². The molecule has 0 bridgehead atoms. The van der Waals surface area contributed by atoms with E-state index in [2.05, 4.69) is 14.9 Å². The highest BCUT2D eigenvalue weighted by Crippen LogP contribution is 2.17. The second-order valence-corrected chi connectivity index (χ2v) is 6.39. The molecule has 0 spiro atoms. The van der Waals surface area contributed by atoms with Gasteiger partial charge in [0.25, 0.3) is 0 Å². The first kappa shape index (κ1) is 15.6. The standard InChI is InChI=1S/C13H17N3O4S/c1-9(17)11-4-3-5-12(8-11)21(18,19)14-7-6-13-15-10(2)20-16-13/h3-5,8-9,14,17H,6-7H2,1-2H3. The number of nitrogens with one attached hydrogen (secondary N) is 1. The van der Waals surface area contributed by atoms with Crippen LogP contribution in [0.5, 0.6) is 0 Å². The summed E-state index contributed by atoms with van der Waals surface area (Å²) in [6, 6.07) is 6.20. The molecule has 1 unspecified atom stereocenters. The average molecular weight is 311 g/mol. The molecule has 0 amide bonds. The lowest BCUT2D eigenvalue weighted by Crippen LogP contribution is -2.26. The predicted octanol–water partition coefficient (Wildman–Crippen LogP) is 0.952. The van der Waals surface area contributed by atoms with Gasteiger partial charge < -0.3 is 9.63 Å². The van der Waals surface area contributed by atoms with Gasteiger partial charge in [0.1, 0.15) is 0 Å². The van der Waals surface area contributed by atoms with Gasteiger partial charge >= 0.3 is 0 Å². The van der Waals surface area contributed by atoms with Crippen LogP contribution in [-0.2, 0) is 16.4 Å². The van der Waals surface area contributed by atoms with Crippen LogP contribution < -0.4 is 4.72 Å². The summed E-state index contributed by atoms with van der Waals surface area (Å²) in [5, 5.41) is 13.2. The molecule has 2 N–H and O–H groups in total. The first-order valence-corrected chi connectivity index (χ1v) is 7.93. The fourth-order valence-electron chi connectivity index (χ4n) is 1.76. The maximum absolute atomic E-state index is 12.1. The molecule has 0 radical (unpaired) electrons. The summed E-state index contributed by atoms with van der Waals surface area (Å²) >= 11 is 0. The Morgan fingerprint density at radius 3 is 2.81 bits per heavy atom. The molecule has 0 fully saturated rings. The van der Waals surface area contributed by atoms with E-state index < -0.39 is 16.1 Å². The molecule has 2 aromatic rings. The zero-order valence-corrected chi connectivity index (χ0v) is 12.6. The van der Waals surface area contributed by atoms with Gasteiger partial charge in [0.05, 0.1) is 11.0 Å². The molecule has 1 aromatic heterocycles. The Kier molecular flexibility index (Phi) is 4.71. The van der Waals surface area contributed by atoms with Gasteiger partial charge in [-0.3, -0.25) is 0 Å². The van der Waals surface area contributed by atoms with E-state index in [0.29, 0.717) is 23.7 Å². The minimum atomic E-state index is -3.63. The highest BCUT2D eigenvalue weighted by atomic mass is 32.2. The van der Waals surface area contributed by atoms with E-state index in [1.807, 2.05) is 0 Å². The molecule has 8 heteroatoms. The maximum atomic E-state index is 12.1. The predicted molar refractivity (Wildman–Crippen MR) is 75.0 cm³/mol. The van der Waals surface area contributed by atoms with Crippen LogP contribution >= 0.6 is 0 Å². The first-order chi connectivity index (χ1) is 9.88. The van der Waals surface area contributed by atoms with Gasteiger partial charge in [0, 0.05) is 19.9 Å². The molecule has 21 heavy (non-hydrogen) atoms. The van der Waals surface area contributed by atoms with E-state index in [1.54, 1.807) is 26.0 Å². The smallest absolute Gasteiger partial charge is 0.240 e. The maximum Gasteiger partial charge on any atom is 0.240 e. The van der Waals surface area contributed by atoms with Gasteiger partial charge in [0.2, 0.25) is 15.9 Å². The van der Waals surface area contributed by atoms with Gasteiger partial charge in [0.15, 0.2) is 5.82 Å². The summed E-state index contributed by atoms with van der Waals surface area (Å²) in [5.74, 6) is 0.894. The highest BCUT2D eigenvalue weighted by Gasteiger charge is 2.15. The largest absolute Gasteiger partial charge is 0.389 e. The van der Waals surface area contributed by atoms with Crippen molar-refractivity contribution in [3.05, 3.63) is 41.5 Å². The van der Waals surface area contributed by atoms with Gasteiger partial charge in [-0.15, -0.1) is 0 Å². The van der Waals surface area contributed by atoms with Crippen molar-refractivity contribution >= 4 is 10.0 Å². The number of aromatic nitrogens is 2. The Morgan fingerprint density at radius 1 is 1.43 bits per heavy atom. The molecule has 0 aliphatic rings. The molecule has 0 saturated heterocycles. The Morgan fingerprint density at radius 2 is 2.19 bits per heavy atom. The molecule has 0 aliphatic carbocycles. The van der Waals surface area contributed by atoms with E-state index in [0.717, 1.165) is 0 Å². The van der Waals surface area contributed by atoms with Crippen LogP contribution in [-0.4, -0.2) is 30.2 Å². The number of nitrogens with zero attached hydrogens (tertiary/aromatic N) is 2. The fraction of sp³-hybridized carbons (Fsp3) is 0.385. The normalized spacial score (nSPS) is 13.3. The van der Waals surface area contributed by atoms with Crippen LogP contribution in [0.15, 0.2) is 33.7 Å². The molecule has 114 valence electrons. The second kappa shape index (κ2) is 6.33. The molecule has 1 atom stereocenters. The van der Waals surface area contributed by atoms with Gasteiger partial charge in [-0.2, -0.15) is 4.98 Å². The van der Waals surface area contributed by atoms with E-state index in [4.69, 9.17) is 4.52 Å². The zero-order valence-electron chi connectivity index (χ0n) is 11.8. The number of aryl methyl sites for hydroxylation is 1. The lowest BCUT2D eigenvalue weighted by molar-refractivity contribution is 0.199. The molecule has 2 rings (SSSR count). The van der Waals surface area contributed by atoms with Crippen molar-refractivity contribution in [2.75, 3.05) is 6.54 Å². The van der Waals surface area contributed by atoms with Gasteiger partial charge in [-0.05, 0) is 24.6 Å². The van der Waals surface area contributed by atoms with Gasteiger partial charge in [-0.25, -0.2) is 13.1 Å². The van der Waals surface area contributed by atoms with Crippen LogP contribution in [0.25, 0.3) is 0 Å². The molecule has 1 heterocycles. The molecular formula is C13H17N3O4S. The Labute approximate surface area is 123 Å². The van der Waals surface area contributed by atoms with E-state index in [9.17, 15) is 13.5 Å². The third-order valence-corrected chi connectivity index (χ3v) is 4.32. The fourth-order valence-corrected chi connectivity index (χ4v) is 2.85. The Hall–Kier alpha value is -1.77. The Balaban J connectivity index is 2.03. The van der Waals surface area contributed by atoms with Gasteiger partial charge in [-0.1, -0.05) is 17.3 Å². The number of sulfonamides is 1. The lowest BCUT2D eigenvalue weighted by Gasteiger charge is -2.09. The summed E-state index contributed by atoms with van der Waals surface area (Å²) in [6.45, 7) is 3.42. The number of aliphatic hydroxyl groups is 1. The molecule has 7 nitrogen and oxygen atoms in total. The lowest BCUT2D eigenvalue weighted by atomic mass is 10.1. The summed E-state index contributed by atoms with van der Waals surface area (Å²) in [5.41, 5.74) is 0.548. The molecule has 0 saturated carbocycles. The summed E-state index contributed by atoms with van der Waals surface area (Å²) in [6.07, 6.45) is -0.380. The van der Waals surface area contributed by atoms with Crippen LogP contribution in [0.2, 0.25) is 0 Å². The SMILES string of the molecule is Cc1nc(CCNS(=O)(=O)c2cccc(C(C)O)c2)no1. The van der Waals surface area contributed by atoms with Crippen LogP contribution in [0.3, 0.4) is 0 Å². The zero-order chi connectivity index (χ0) is 15.5. The van der Waals surface area contributed by atoms with Crippen LogP contribution in [0, 0.1) is 6.92 Å². The van der Waals surface area contributed by atoms with E-state index in [1.165, 1.54) is 12.1 Å². The molecular weight excluding hydrogens is 294 g/mol.